The third-order valence-corrected chi connectivity index (χ3v) is 3.89. The molecular formula is C15H26BNO. The van der Waals surface area contributed by atoms with Crippen LogP contribution in [-0.2, 0) is 4.79 Å². The Bertz CT molecular complexity index is 334. The number of amides is 1. The van der Waals surface area contributed by atoms with Crippen LogP contribution in [0, 0.1) is 23.2 Å². The molecule has 1 amide bonds. The molecule has 1 rings (SSSR count). The van der Waals surface area contributed by atoms with Gasteiger partial charge in [0.25, 0.3) is 0 Å². The van der Waals surface area contributed by atoms with Crippen LogP contribution < -0.4 is 5.32 Å². The van der Waals surface area contributed by atoms with E-state index in [9.17, 15) is 4.79 Å². The monoisotopic (exact) mass is 247 g/mol. The SMILES string of the molecule is BCC(C)(C)C#CC(CC)C(=O)NC1CCCC1. The molecule has 1 aliphatic rings. The van der Waals surface area contributed by atoms with Crippen LogP contribution in [0.2, 0.25) is 6.32 Å². The summed E-state index contributed by atoms with van der Waals surface area (Å²) < 4.78 is 0. The van der Waals surface area contributed by atoms with E-state index in [2.05, 4.69) is 38.9 Å². The van der Waals surface area contributed by atoms with Crippen LogP contribution in [0.3, 0.4) is 0 Å². The first kappa shape index (κ1) is 15.2. The second kappa shape index (κ2) is 6.88. The van der Waals surface area contributed by atoms with Gasteiger partial charge in [-0.2, -0.15) is 0 Å². The van der Waals surface area contributed by atoms with Gasteiger partial charge >= 0.3 is 0 Å². The highest BCUT2D eigenvalue weighted by molar-refractivity contribution is 6.09. The molecule has 1 fully saturated rings. The number of hydrogen-bond acceptors (Lipinski definition) is 1. The highest BCUT2D eigenvalue weighted by Gasteiger charge is 2.21. The Hall–Kier alpha value is -0.905. The minimum Gasteiger partial charge on any atom is -0.352 e. The normalized spacial score (nSPS) is 17.9. The van der Waals surface area contributed by atoms with E-state index >= 15 is 0 Å². The quantitative estimate of drug-likeness (QED) is 0.598. The van der Waals surface area contributed by atoms with Gasteiger partial charge in [0, 0.05) is 11.5 Å². The van der Waals surface area contributed by atoms with E-state index in [-0.39, 0.29) is 17.2 Å². The van der Waals surface area contributed by atoms with Gasteiger partial charge in [0.2, 0.25) is 5.91 Å². The van der Waals surface area contributed by atoms with Gasteiger partial charge in [-0.25, -0.2) is 0 Å². The predicted molar refractivity (Wildman–Crippen MR) is 79.1 cm³/mol. The van der Waals surface area contributed by atoms with Gasteiger partial charge in [-0.15, -0.1) is 0 Å². The smallest absolute Gasteiger partial charge is 0.235 e. The summed E-state index contributed by atoms with van der Waals surface area (Å²) in [4.78, 5) is 12.1. The fourth-order valence-corrected chi connectivity index (χ4v) is 2.10. The van der Waals surface area contributed by atoms with Crippen molar-refractivity contribution in [1.82, 2.24) is 5.32 Å². The number of nitrogens with one attached hydrogen (secondary N) is 1. The average molecular weight is 247 g/mol. The predicted octanol–water partition coefficient (Wildman–Crippen LogP) is 2.15. The molecule has 1 N–H and O–H groups in total. The summed E-state index contributed by atoms with van der Waals surface area (Å²) in [6.45, 7) is 6.29. The lowest BCUT2D eigenvalue weighted by atomic mass is 9.79. The van der Waals surface area contributed by atoms with Gasteiger partial charge in [-0.3, -0.25) is 4.79 Å². The van der Waals surface area contributed by atoms with Crippen LogP contribution in [0.4, 0.5) is 0 Å². The van der Waals surface area contributed by atoms with Crippen LogP contribution in [0.5, 0.6) is 0 Å². The van der Waals surface area contributed by atoms with Gasteiger partial charge in [-0.05, 0) is 33.1 Å². The summed E-state index contributed by atoms with van der Waals surface area (Å²) in [6.07, 6.45) is 6.57. The first-order chi connectivity index (χ1) is 8.48. The van der Waals surface area contributed by atoms with E-state index in [1.807, 2.05) is 6.92 Å². The van der Waals surface area contributed by atoms with E-state index in [0.717, 1.165) is 25.6 Å². The Kier molecular flexibility index (Phi) is 5.79. The summed E-state index contributed by atoms with van der Waals surface area (Å²) in [6, 6.07) is 0.396. The van der Waals surface area contributed by atoms with Crippen molar-refractivity contribution in [2.45, 2.75) is 65.2 Å². The Morgan fingerprint density at radius 1 is 1.44 bits per heavy atom. The molecule has 18 heavy (non-hydrogen) atoms. The largest absolute Gasteiger partial charge is 0.352 e. The van der Waals surface area contributed by atoms with Crippen molar-refractivity contribution in [3.63, 3.8) is 0 Å². The number of hydrogen-bond donors (Lipinski definition) is 1. The minimum atomic E-state index is -0.142. The zero-order valence-electron chi connectivity index (χ0n) is 12.3. The maximum atomic E-state index is 12.1. The molecule has 0 heterocycles. The molecule has 3 heteroatoms. The van der Waals surface area contributed by atoms with Crippen molar-refractivity contribution < 1.29 is 4.79 Å². The van der Waals surface area contributed by atoms with Crippen molar-refractivity contribution >= 4 is 13.8 Å². The Labute approximate surface area is 113 Å². The standard InChI is InChI=1S/C15H26BNO/c1-4-12(9-10-15(2,3)11-16)14(18)17-13-7-5-6-8-13/h12-13H,4-8,11,16H2,1-3H3,(H,17,18). The lowest BCUT2D eigenvalue weighted by Gasteiger charge is -2.17. The first-order valence-corrected chi connectivity index (χ1v) is 7.31. The molecule has 0 aromatic heterocycles. The summed E-state index contributed by atoms with van der Waals surface area (Å²) in [5, 5.41) is 3.14. The molecule has 0 aromatic carbocycles. The third kappa shape index (κ3) is 4.76. The maximum absolute atomic E-state index is 12.1. The topological polar surface area (TPSA) is 29.1 Å². The number of carbonyl (C=O) groups is 1. The summed E-state index contributed by atoms with van der Waals surface area (Å²) in [7, 11) is 2.13. The molecule has 0 saturated heterocycles. The molecule has 1 saturated carbocycles. The molecule has 100 valence electrons. The van der Waals surface area contributed by atoms with Crippen LogP contribution >= 0.6 is 0 Å². The average Bonchev–Trinajstić information content (AvgIpc) is 2.82. The van der Waals surface area contributed by atoms with E-state index in [1.54, 1.807) is 0 Å². The summed E-state index contributed by atoms with van der Waals surface area (Å²) in [5.74, 6) is 6.41. The Balaban J connectivity index is 2.56. The molecule has 0 bridgehead atoms. The first-order valence-electron chi connectivity index (χ1n) is 7.31. The number of carbonyl (C=O) groups excluding carboxylic acids is 1. The lowest BCUT2D eigenvalue weighted by molar-refractivity contribution is -0.124. The maximum Gasteiger partial charge on any atom is 0.235 e. The van der Waals surface area contributed by atoms with E-state index < -0.39 is 0 Å². The zero-order valence-corrected chi connectivity index (χ0v) is 12.3. The lowest BCUT2D eigenvalue weighted by Crippen LogP contribution is -2.36. The molecule has 0 aromatic rings. The Morgan fingerprint density at radius 3 is 2.56 bits per heavy atom. The minimum absolute atomic E-state index is 0.0149. The van der Waals surface area contributed by atoms with Crippen molar-refractivity contribution in [3.05, 3.63) is 0 Å². The zero-order chi connectivity index (χ0) is 13.6. The molecule has 2 nitrogen and oxygen atoms in total. The second-order valence-electron chi connectivity index (χ2n) is 5.96. The van der Waals surface area contributed by atoms with Crippen LogP contribution in [-0.4, -0.2) is 19.8 Å². The van der Waals surface area contributed by atoms with E-state index in [1.165, 1.54) is 12.8 Å². The molecule has 1 atom stereocenters. The van der Waals surface area contributed by atoms with Gasteiger partial charge in [-0.1, -0.05) is 37.9 Å². The fraction of sp³-hybridized carbons (Fsp3) is 0.800. The van der Waals surface area contributed by atoms with Crippen LogP contribution in [0.15, 0.2) is 0 Å². The van der Waals surface area contributed by atoms with E-state index in [4.69, 9.17) is 0 Å². The summed E-state index contributed by atoms with van der Waals surface area (Å²) >= 11 is 0. The molecular weight excluding hydrogens is 221 g/mol. The van der Waals surface area contributed by atoms with Gasteiger partial charge in [0.1, 0.15) is 7.85 Å². The fourth-order valence-electron chi connectivity index (χ4n) is 2.10. The second-order valence-corrected chi connectivity index (χ2v) is 5.96. The van der Waals surface area contributed by atoms with Gasteiger partial charge < -0.3 is 5.32 Å². The van der Waals surface area contributed by atoms with Crippen molar-refractivity contribution in [1.29, 1.82) is 0 Å². The molecule has 0 radical (unpaired) electrons. The molecule has 1 unspecified atom stereocenters. The molecule has 0 aliphatic heterocycles. The van der Waals surface area contributed by atoms with E-state index in [0.29, 0.717) is 6.04 Å². The van der Waals surface area contributed by atoms with Gasteiger partial charge in [0.05, 0.1) is 5.92 Å². The highest BCUT2D eigenvalue weighted by atomic mass is 16.1. The van der Waals surface area contributed by atoms with Crippen LogP contribution in [0.25, 0.3) is 0 Å². The molecule has 0 spiro atoms. The molecule has 1 aliphatic carbocycles. The van der Waals surface area contributed by atoms with Crippen molar-refractivity contribution in [2.75, 3.05) is 0 Å². The highest BCUT2D eigenvalue weighted by Crippen LogP contribution is 2.19. The summed E-state index contributed by atoms with van der Waals surface area (Å²) in [5.41, 5.74) is 0.0149. The van der Waals surface area contributed by atoms with Crippen LogP contribution in [0.1, 0.15) is 52.9 Å². The third-order valence-electron chi connectivity index (χ3n) is 3.89. The number of rotatable bonds is 4. The van der Waals surface area contributed by atoms with Gasteiger partial charge in [0.15, 0.2) is 0 Å². The van der Waals surface area contributed by atoms with Crippen molar-refractivity contribution in [3.8, 4) is 11.8 Å². The van der Waals surface area contributed by atoms with Crippen molar-refractivity contribution in [2.24, 2.45) is 11.3 Å². The Morgan fingerprint density at radius 2 is 2.06 bits per heavy atom.